The second kappa shape index (κ2) is 14.0. The van der Waals surface area contributed by atoms with E-state index in [1.165, 1.54) is 6.07 Å². The highest BCUT2D eigenvalue weighted by Gasteiger charge is 2.28. The van der Waals surface area contributed by atoms with Crippen LogP contribution >= 0.6 is 24.0 Å². The second-order valence-corrected chi connectivity index (χ2v) is 6.32. The molecule has 0 amide bonds. The van der Waals surface area contributed by atoms with Gasteiger partial charge in [-0.2, -0.15) is 13.2 Å². The van der Waals surface area contributed by atoms with Gasteiger partial charge in [-0.1, -0.05) is 18.2 Å². The Hall–Kier alpha value is -2.21. The van der Waals surface area contributed by atoms with E-state index in [-0.39, 0.29) is 29.7 Å². The number of hydrogen-bond acceptors (Lipinski definition) is 4. The summed E-state index contributed by atoms with van der Waals surface area (Å²) >= 11 is 0. The average Bonchev–Trinajstić information content (AvgIpc) is 2.73. The molecule has 0 aromatic heterocycles. The van der Waals surface area contributed by atoms with Gasteiger partial charge in [-0.3, -0.25) is 4.99 Å². The summed E-state index contributed by atoms with van der Waals surface area (Å²) in [7, 11) is 3.28. The molecule has 0 spiro atoms. The molecule has 0 unspecified atom stereocenters. The first kappa shape index (κ1) is 26.8. The summed E-state index contributed by atoms with van der Waals surface area (Å²) in [4.78, 5) is 4.16. The Morgan fingerprint density at radius 3 is 2.39 bits per heavy atom. The van der Waals surface area contributed by atoms with Crippen LogP contribution in [-0.2, 0) is 11.3 Å². The monoisotopic (exact) mass is 553 g/mol. The molecule has 10 heteroatoms. The van der Waals surface area contributed by atoms with Gasteiger partial charge in [-0.05, 0) is 29.8 Å². The van der Waals surface area contributed by atoms with Crippen molar-refractivity contribution in [1.82, 2.24) is 5.32 Å². The molecule has 0 heterocycles. The molecule has 0 aliphatic carbocycles. The third-order valence-corrected chi connectivity index (χ3v) is 3.84. The van der Waals surface area contributed by atoms with Gasteiger partial charge < -0.3 is 24.8 Å². The zero-order valence-corrected chi connectivity index (χ0v) is 19.7. The van der Waals surface area contributed by atoms with Crippen molar-refractivity contribution in [2.24, 2.45) is 4.99 Å². The Bertz CT molecular complexity index is 820. The molecular weight excluding hydrogens is 526 g/mol. The molecule has 0 saturated carbocycles. The molecule has 0 aliphatic rings. The number of halogens is 4. The number of hydrogen-bond donors (Lipinski definition) is 2. The molecule has 0 atom stereocenters. The van der Waals surface area contributed by atoms with Gasteiger partial charge in [0.1, 0.15) is 11.5 Å². The Balaban J connectivity index is 0.00000480. The lowest BCUT2D eigenvalue weighted by Gasteiger charge is -2.14. The number of ether oxygens (including phenoxy) is 3. The molecule has 0 saturated heterocycles. The number of guanidine groups is 1. The van der Waals surface area contributed by atoms with Gasteiger partial charge in [0, 0.05) is 45.5 Å². The summed E-state index contributed by atoms with van der Waals surface area (Å²) in [5.74, 6) is 1.39. The van der Waals surface area contributed by atoms with E-state index in [9.17, 15) is 13.2 Å². The van der Waals surface area contributed by atoms with Crippen LogP contribution in [0.25, 0.3) is 0 Å². The third-order valence-electron chi connectivity index (χ3n) is 3.84. The van der Waals surface area contributed by atoms with Crippen LogP contribution in [0.4, 0.5) is 18.9 Å². The van der Waals surface area contributed by atoms with E-state index in [1.54, 1.807) is 32.4 Å². The predicted molar refractivity (Wildman–Crippen MR) is 126 cm³/mol. The van der Waals surface area contributed by atoms with E-state index in [1.807, 2.05) is 24.3 Å². The van der Waals surface area contributed by atoms with Crippen molar-refractivity contribution in [2.75, 3.05) is 39.3 Å². The minimum Gasteiger partial charge on any atom is -0.493 e. The van der Waals surface area contributed by atoms with Crippen molar-refractivity contribution in [3.63, 3.8) is 0 Å². The van der Waals surface area contributed by atoms with E-state index in [4.69, 9.17) is 14.2 Å². The van der Waals surface area contributed by atoms with Gasteiger partial charge in [0.25, 0.3) is 0 Å². The first-order chi connectivity index (χ1) is 14.4. The van der Waals surface area contributed by atoms with Crippen molar-refractivity contribution in [3.05, 3.63) is 54.1 Å². The maximum atomic E-state index is 12.3. The molecular formula is C21H27F3IN3O3. The lowest BCUT2D eigenvalue weighted by atomic mass is 10.2. The highest BCUT2D eigenvalue weighted by Crippen LogP contribution is 2.20. The van der Waals surface area contributed by atoms with Crippen LogP contribution < -0.4 is 20.1 Å². The van der Waals surface area contributed by atoms with Crippen molar-refractivity contribution < 1.29 is 27.4 Å². The van der Waals surface area contributed by atoms with Gasteiger partial charge in [0.2, 0.25) is 0 Å². The minimum absolute atomic E-state index is 0. The number of benzene rings is 2. The Kier molecular flexibility index (Phi) is 12.1. The highest BCUT2D eigenvalue weighted by atomic mass is 127. The fourth-order valence-electron chi connectivity index (χ4n) is 2.47. The molecule has 6 nitrogen and oxygen atoms in total. The van der Waals surface area contributed by atoms with Gasteiger partial charge in [0.15, 0.2) is 12.6 Å². The standard InChI is InChI=1S/C21H26F3N3O3.HI/c1-25-20(27-17-7-4-9-19(13-17)29-11-5-10-28-2)26-14-16-6-3-8-18(12-16)30-15-21(22,23)24;/h3-4,6-9,12-13H,5,10-11,14-15H2,1-2H3,(H2,25,26,27);1H. The molecule has 0 fully saturated rings. The molecule has 0 radical (unpaired) electrons. The highest BCUT2D eigenvalue weighted by molar-refractivity contribution is 14.0. The predicted octanol–water partition coefficient (Wildman–Crippen LogP) is 4.85. The van der Waals surface area contributed by atoms with Crippen LogP contribution in [0.1, 0.15) is 12.0 Å². The summed E-state index contributed by atoms with van der Waals surface area (Å²) in [6.07, 6.45) is -3.58. The number of methoxy groups -OCH3 is 1. The smallest absolute Gasteiger partial charge is 0.422 e. The molecule has 0 bridgehead atoms. The van der Waals surface area contributed by atoms with Crippen LogP contribution in [0.5, 0.6) is 11.5 Å². The van der Waals surface area contributed by atoms with Crippen molar-refractivity contribution in [1.29, 1.82) is 0 Å². The van der Waals surface area contributed by atoms with Crippen molar-refractivity contribution in [2.45, 2.75) is 19.1 Å². The first-order valence-corrected chi connectivity index (χ1v) is 9.37. The van der Waals surface area contributed by atoms with Crippen LogP contribution in [0.15, 0.2) is 53.5 Å². The zero-order chi connectivity index (χ0) is 21.8. The number of nitrogens with zero attached hydrogens (tertiary/aromatic N) is 1. The van der Waals surface area contributed by atoms with Gasteiger partial charge >= 0.3 is 6.18 Å². The lowest BCUT2D eigenvalue weighted by Crippen LogP contribution is -2.30. The quantitative estimate of drug-likeness (QED) is 0.191. The Morgan fingerprint density at radius 1 is 1.00 bits per heavy atom. The van der Waals surface area contributed by atoms with Crippen LogP contribution in [0.2, 0.25) is 0 Å². The normalized spacial score (nSPS) is 11.5. The third kappa shape index (κ3) is 11.1. The number of aliphatic imine (C=N–C) groups is 1. The van der Waals surface area contributed by atoms with E-state index in [0.29, 0.717) is 25.7 Å². The lowest BCUT2D eigenvalue weighted by molar-refractivity contribution is -0.153. The van der Waals surface area contributed by atoms with Crippen LogP contribution in [-0.4, -0.2) is 46.1 Å². The summed E-state index contributed by atoms with van der Waals surface area (Å²) in [5, 5.41) is 6.27. The SMILES string of the molecule is CN=C(NCc1cccc(OCC(F)(F)F)c1)Nc1cccc(OCCCOC)c1.I. The number of alkyl halides is 3. The summed E-state index contributed by atoms with van der Waals surface area (Å²) in [5.41, 5.74) is 1.54. The molecule has 2 aromatic carbocycles. The Labute approximate surface area is 197 Å². The van der Waals surface area contributed by atoms with Crippen LogP contribution in [0, 0.1) is 0 Å². The zero-order valence-electron chi connectivity index (χ0n) is 17.4. The van der Waals surface area contributed by atoms with E-state index in [0.717, 1.165) is 23.4 Å². The first-order valence-electron chi connectivity index (χ1n) is 9.37. The molecule has 172 valence electrons. The topological polar surface area (TPSA) is 64.1 Å². The Morgan fingerprint density at radius 2 is 1.71 bits per heavy atom. The molecule has 31 heavy (non-hydrogen) atoms. The summed E-state index contributed by atoms with van der Waals surface area (Å²) < 4.78 is 52.4. The maximum absolute atomic E-state index is 12.3. The molecule has 0 aliphatic heterocycles. The largest absolute Gasteiger partial charge is 0.493 e. The molecule has 2 rings (SSSR count). The number of nitrogens with one attached hydrogen (secondary N) is 2. The fourth-order valence-corrected chi connectivity index (χ4v) is 2.47. The second-order valence-electron chi connectivity index (χ2n) is 6.32. The van der Waals surface area contributed by atoms with Gasteiger partial charge in [-0.15, -0.1) is 24.0 Å². The van der Waals surface area contributed by atoms with E-state index >= 15 is 0 Å². The number of anilines is 1. The molecule has 2 N–H and O–H groups in total. The van der Waals surface area contributed by atoms with E-state index in [2.05, 4.69) is 15.6 Å². The number of rotatable bonds is 10. The van der Waals surface area contributed by atoms with Crippen molar-refractivity contribution >= 4 is 35.6 Å². The fraction of sp³-hybridized carbons (Fsp3) is 0.381. The molecule has 2 aromatic rings. The van der Waals surface area contributed by atoms with E-state index < -0.39 is 12.8 Å². The van der Waals surface area contributed by atoms with Crippen molar-refractivity contribution in [3.8, 4) is 11.5 Å². The van der Waals surface area contributed by atoms with Gasteiger partial charge in [-0.25, -0.2) is 0 Å². The minimum atomic E-state index is -4.37. The maximum Gasteiger partial charge on any atom is 0.422 e. The van der Waals surface area contributed by atoms with Crippen LogP contribution in [0.3, 0.4) is 0 Å². The summed E-state index contributed by atoms with van der Waals surface area (Å²) in [6, 6.07) is 13.9. The average molecular weight is 553 g/mol. The van der Waals surface area contributed by atoms with Gasteiger partial charge in [0.05, 0.1) is 6.61 Å². The summed E-state index contributed by atoms with van der Waals surface area (Å²) in [6.45, 7) is 0.223.